The number of carbonyl (C=O) groups is 1. The molecule has 1 saturated carbocycles. The van der Waals surface area contributed by atoms with Gasteiger partial charge in [-0.15, -0.1) is 0 Å². The van der Waals surface area contributed by atoms with Crippen molar-refractivity contribution in [2.75, 3.05) is 0 Å². The van der Waals surface area contributed by atoms with Gasteiger partial charge in [0.25, 0.3) is 0 Å². The third-order valence-electron chi connectivity index (χ3n) is 5.96. The van der Waals surface area contributed by atoms with E-state index < -0.39 is 0 Å². The number of hydrogen-bond acceptors (Lipinski definition) is 4. The average molecular weight is 414 g/mol. The van der Waals surface area contributed by atoms with Gasteiger partial charge < -0.3 is 16.0 Å². The van der Waals surface area contributed by atoms with Crippen molar-refractivity contribution in [3.8, 4) is 0 Å². The van der Waals surface area contributed by atoms with Crippen molar-refractivity contribution >= 4 is 5.78 Å². The third-order valence-corrected chi connectivity index (χ3v) is 5.96. The predicted octanol–water partition coefficient (Wildman–Crippen LogP) is 3.82. The lowest BCUT2D eigenvalue weighted by Crippen LogP contribution is -2.57. The Labute approximate surface area is 185 Å². The summed E-state index contributed by atoms with van der Waals surface area (Å²) in [5.74, 6) is 0.268. The fraction of sp³-hybridized carbons (Fsp3) is 0.296. The van der Waals surface area contributed by atoms with E-state index in [1.54, 1.807) is 0 Å². The van der Waals surface area contributed by atoms with Crippen LogP contribution < -0.4 is 16.0 Å². The summed E-state index contributed by atoms with van der Waals surface area (Å²) in [6.07, 6.45) is 1.62. The number of carbonyl (C=O) groups excluding carboxylic acids is 1. The molecule has 4 nitrogen and oxygen atoms in total. The number of benzene rings is 3. The van der Waals surface area contributed by atoms with Crippen molar-refractivity contribution in [3.63, 3.8) is 0 Å². The van der Waals surface area contributed by atoms with Gasteiger partial charge in [0.1, 0.15) is 0 Å². The summed E-state index contributed by atoms with van der Waals surface area (Å²) in [6.45, 7) is 2.22. The maximum Gasteiger partial charge on any atom is 0.166 e. The van der Waals surface area contributed by atoms with E-state index in [9.17, 15) is 4.79 Å². The molecule has 1 aliphatic carbocycles. The number of Topliss-reactive ketones (excluding diaryl/α,β-unsaturated/α-hetero) is 1. The average Bonchev–Trinajstić information content (AvgIpc) is 2.83. The van der Waals surface area contributed by atoms with E-state index in [1.165, 1.54) is 16.7 Å². The molecule has 3 aromatic carbocycles. The van der Waals surface area contributed by atoms with Crippen molar-refractivity contribution in [1.29, 1.82) is 0 Å². The first-order valence-corrected chi connectivity index (χ1v) is 11.1. The molecule has 160 valence electrons. The quantitative estimate of drug-likeness (QED) is 0.499. The SMILES string of the molecule is O=C1[C@@H](NCc2ccccc2)CC(NCc2ccccc2)C[C@H]1NCc1ccccc1. The van der Waals surface area contributed by atoms with Crippen LogP contribution in [0.1, 0.15) is 29.5 Å². The standard InChI is InChI=1S/C27H31N3O/c31-27-25(29-19-22-12-6-2-7-13-22)16-24(28-18-21-10-4-1-5-11-21)17-26(27)30-20-23-14-8-3-9-15-23/h1-15,24-26,28-30H,16-20H2/t24?,25-,26+. The van der Waals surface area contributed by atoms with Crippen LogP contribution in [-0.2, 0) is 24.4 Å². The molecular weight excluding hydrogens is 382 g/mol. The highest BCUT2D eigenvalue weighted by molar-refractivity contribution is 5.90. The number of rotatable bonds is 9. The monoisotopic (exact) mass is 413 g/mol. The molecule has 1 aliphatic rings. The van der Waals surface area contributed by atoms with Crippen LogP contribution in [0.3, 0.4) is 0 Å². The lowest BCUT2D eigenvalue weighted by atomic mass is 9.85. The van der Waals surface area contributed by atoms with Crippen molar-refractivity contribution in [1.82, 2.24) is 16.0 Å². The Morgan fingerprint density at radius 3 is 1.29 bits per heavy atom. The molecule has 1 unspecified atom stereocenters. The highest BCUT2D eigenvalue weighted by Gasteiger charge is 2.35. The summed E-state index contributed by atoms with van der Waals surface area (Å²) < 4.78 is 0. The topological polar surface area (TPSA) is 53.2 Å². The smallest absolute Gasteiger partial charge is 0.166 e. The molecule has 4 rings (SSSR count). The van der Waals surface area contributed by atoms with Crippen LogP contribution in [0.4, 0.5) is 0 Å². The van der Waals surface area contributed by atoms with E-state index in [0.29, 0.717) is 13.1 Å². The molecule has 3 N–H and O–H groups in total. The molecule has 3 atom stereocenters. The van der Waals surface area contributed by atoms with Crippen LogP contribution in [0.5, 0.6) is 0 Å². The van der Waals surface area contributed by atoms with Crippen molar-refractivity contribution in [2.24, 2.45) is 0 Å². The summed E-state index contributed by atoms with van der Waals surface area (Å²) in [5, 5.41) is 10.7. The highest BCUT2D eigenvalue weighted by Crippen LogP contribution is 2.19. The summed E-state index contributed by atoms with van der Waals surface area (Å²) >= 11 is 0. The van der Waals surface area contributed by atoms with Gasteiger partial charge in [0.05, 0.1) is 12.1 Å². The zero-order chi connectivity index (χ0) is 21.3. The lowest BCUT2D eigenvalue weighted by molar-refractivity contribution is -0.125. The third kappa shape index (κ3) is 6.34. The van der Waals surface area contributed by atoms with E-state index in [0.717, 1.165) is 19.4 Å². The highest BCUT2D eigenvalue weighted by atomic mass is 16.1. The van der Waals surface area contributed by atoms with Crippen LogP contribution in [0, 0.1) is 0 Å². The fourth-order valence-electron chi connectivity index (χ4n) is 4.21. The van der Waals surface area contributed by atoms with Crippen LogP contribution in [0.2, 0.25) is 0 Å². The Morgan fingerprint density at radius 2 is 0.903 bits per heavy atom. The number of hydrogen-bond donors (Lipinski definition) is 3. The second-order valence-corrected chi connectivity index (χ2v) is 8.28. The van der Waals surface area contributed by atoms with E-state index in [2.05, 4.69) is 64.5 Å². The van der Waals surface area contributed by atoms with Gasteiger partial charge in [-0.25, -0.2) is 0 Å². The van der Waals surface area contributed by atoms with E-state index in [-0.39, 0.29) is 23.9 Å². The van der Waals surface area contributed by atoms with E-state index >= 15 is 0 Å². The summed E-state index contributed by atoms with van der Waals surface area (Å²) in [6, 6.07) is 31.0. The molecular formula is C27H31N3O. The van der Waals surface area contributed by atoms with E-state index in [1.807, 2.05) is 42.5 Å². The molecule has 0 amide bonds. The molecule has 3 aromatic rings. The largest absolute Gasteiger partial charge is 0.310 e. The minimum atomic E-state index is -0.157. The molecule has 0 aliphatic heterocycles. The maximum atomic E-state index is 13.2. The number of ketones is 1. The van der Waals surface area contributed by atoms with Crippen molar-refractivity contribution in [2.45, 2.75) is 50.6 Å². The van der Waals surface area contributed by atoms with Gasteiger partial charge in [0.15, 0.2) is 5.78 Å². The van der Waals surface area contributed by atoms with Gasteiger partial charge in [0, 0.05) is 25.7 Å². The Hall–Kier alpha value is -2.79. The molecule has 0 saturated heterocycles. The zero-order valence-corrected chi connectivity index (χ0v) is 17.8. The minimum Gasteiger partial charge on any atom is -0.310 e. The Kier molecular flexibility index (Phi) is 7.61. The van der Waals surface area contributed by atoms with Crippen LogP contribution in [0.15, 0.2) is 91.0 Å². The number of nitrogens with one attached hydrogen (secondary N) is 3. The van der Waals surface area contributed by atoms with Gasteiger partial charge in [-0.2, -0.15) is 0 Å². The molecule has 0 bridgehead atoms. The normalized spacial score (nSPS) is 21.2. The molecule has 4 heteroatoms. The first-order chi connectivity index (χ1) is 15.3. The first-order valence-electron chi connectivity index (χ1n) is 11.1. The van der Waals surface area contributed by atoms with E-state index in [4.69, 9.17) is 0 Å². The Bertz CT molecular complexity index is 875. The molecule has 0 spiro atoms. The van der Waals surface area contributed by atoms with Gasteiger partial charge in [0.2, 0.25) is 0 Å². The van der Waals surface area contributed by atoms with Crippen molar-refractivity contribution in [3.05, 3.63) is 108 Å². The van der Waals surface area contributed by atoms with Gasteiger partial charge in [-0.1, -0.05) is 91.0 Å². The second-order valence-electron chi connectivity index (χ2n) is 8.28. The summed E-state index contributed by atoms with van der Waals surface area (Å²) in [7, 11) is 0. The first kappa shape index (κ1) is 21.4. The fourth-order valence-corrected chi connectivity index (χ4v) is 4.21. The van der Waals surface area contributed by atoms with Gasteiger partial charge >= 0.3 is 0 Å². The molecule has 31 heavy (non-hydrogen) atoms. The second kappa shape index (κ2) is 11.0. The van der Waals surface area contributed by atoms with Crippen LogP contribution >= 0.6 is 0 Å². The predicted molar refractivity (Wildman–Crippen MR) is 125 cm³/mol. The van der Waals surface area contributed by atoms with Crippen LogP contribution in [0.25, 0.3) is 0 Å². The zero-order valence-electron chi connectivity index (χ0n) is 17.8. The molecule has 0 aromatic heterocycles. The summed E-state index contributed by atoms with van der Waals surface area (Å²) in [4.78, 5) is 13.2. The Balaban J connectivity index is 1.40. The van der Waals surface area contributed by atoms with Gasteiger partial charge in [-0.05, 0) is 29.5 Å². The van der Waals surface area contributed by atoms with Crippen LogP contribution in [-0.4, -0.2) is 23.9 Å². The lowest BCUT2D eigenvalue weighted by Gasteiger charge is -2.35. The summed E-state index contributed by atoms with van der Waals surface area (Å²) in [5.41, 5.74) is 3.66. The Morgan fingerprint density at radius 1 is 0.548 bits per heavy atom. The molecule has 0 heterocycles. The maximum absolute atomic E-state index is 13.2. The van der Waals surface area contributed by atoms with Gasteiger partial charge in [-0.3, -0.25) is 4.79 Å². The molecule has 1 fully saturated rings. The van der Waals surface area contributed by atoms with Crippen molar-refractivity contribution < 1.29 is 4.79 Å². The molecule has 0 radical (unpaired) electrons. The minimum absolute atomic E-state index is 0.157.